The van der Waals surface area contributed by atoms with Crippen LogP contribution in [0.3, 0.4) is 0 Å². The molecule has 27 heavy (non-hydrogen) atoms. The topological polar surface area (TPSA) is 77.6 Å². The van der Waals surface area contributed by atoms with Crippen LogP contribution in [0.4, 0.5) is 4.79 Å². The first kappa shape index (κ1) is 16.9. The number of urea groups is 1. The van der Waals surface area contributed by atoms with Crippen LogP contribution in [0.1, 0.15) is 30.0 Å². The Hall–Kier alpha value is -3.59. The van der Waals surface area contributed by atoms with E-state index >= 15 is 0 Å². The Kier molecular flexibility index (Phi) is 3.93. The van der Waals surface area contributed by atoms with E-state index < -0.39 is 11.6 Å². The number of pyridine rings is 1. The Labute approximate surface area is 156 Å². The van der Waals surface area contributed by atoms with Gasteiger partial charge in [0.25, 0.3) is 5.91 Å². The van der Waals surface area contributed by atoms with Crippen LogP contribution >= 0.6 is 0 Å². The van der Waals surface area contributed by atoms with Crippen molar-refractivity contribution in [1.82, 2.24) is 14.6 Å². The molecule has 2 aromatic heterocycles. The minimum Gasteiger partial charge on any atom is -0.322 e. The highest BCUT2D eigenvalue weighted by molar-refractivity contribution is 6.07. The average Bonchev–Trinajstić information content (AvgIpc) is 3.18. The van der Waals surface area contributed by atoms with Crippen molar-refractivity contribution in [3.8, 4) is 6.07 Å². The van der Waals surface area contributed by atoms with E-state index in [1.807, 2.05) is 66.1 Å². The second kappa shape index (κ2) is 6.29. The average molecular weight is 358 g/mol. The van der Waals surface area contributed by atoms with Crippen LogP contribution in [0.2, 0.25) is 0 Å². The summed E-state index contributed by atoms with van der Waals surface area (Å²) in [5, 5.41) is 12.4. The SMILES string of the molecule is CC[C@@]1(c2ccccc2)NC(=O)N(Cc2cn3ccccc3c2C#N)C1=O. The molecule has 6 heteroatoms. The Morgan fingerprint density at radius 3 is 2.56 bits per heavy atom. The Morgan fingerprint density at radius 2 is 1.85 bits per heavy atom. The molecular weight excluding hydrogens is 340 g/mol. The van der Waals surface area contributed by atoms with Gasteiger partial charge in [-0.05, 0) is 24.1 Å². The lowest BCUT2D eigenvalue weighted by molar-refractivity contribution is -0.132. The Balaban J connectivity index is 1.73. The van der Waals surface area contributed by atoms with Gasteiger partial charge in [-0.2, -0.15) is 5.26 Å². The minimum atomic E-state index is -1.07. The highest BCUT2D eigenvalue weighted by atomic mass is 16.2. The molecule has 0 spiro atoms. The van der Waals surface area contributed by atoms with Crippen LogP contribution in [0.5, 0.6) is 0 Å². The Morgan fingerprint density at radius 1 is 1.11 bits per heavy atom. The number of nitrogens with zero attached hydrogens (tertiary/aromatic N) is 3. The van der Waals surface area contributed by atoms with Gasteiger partial charge in [-0.15, -0.1) is 0 Å². The first-order chi connectivity index (χ1) is 13.1. The minimum absolute atomic E-state index is 0.0593. The standard InChI is InChI=1S/C21H18N4O2/c1-2-21(16-8-4-3-5-9-16)19(26)25(20(27)23-21)14-15-13-24-11-7-6-10-18(24)17(15)12-22/h3-11,13H,2,14H2,1H3,(H,23,27)/t21-/m0/s1. The lowest BCUT2D eigenvalue weighted by Gasteiger charge is -2.25. The summed E-state index contributed by atoms with van der Waals surface area (Å²) in [5.41, 5.74) is 1.57. The summed E-state index contributed by atoms with van der Waals surface area (Å²) in [4.78, 5) is 27.1. The van der Waals surface area contributed by atoms with Crippen LogP contribution in [0.15, 0.2) is 60.9 Å². The number of carbonyl (C=O) groups is 2. The molecule has 4 rings (SSSR count). The molecule has 1 aromatic carbocycles. The summed E-state index contributed by atoms with van der Waals surface area (Å²) >= 11 is 0. The van der Waals surface area contributed by atoms with Crippen LogP contribution in [-0.2, 0) is 16.9 Å². The second-order valence-electron chi connectivity index (χ2n) is 6.58. The Bertz CT molecular complexity index is 1080. The monoisotopic (exact) mass is 358 g/mol. The fourth-order valence-corrected chi connectivity index (χ4v) is 3.73. The van der Waals surface area contributed by atoms with Gasteiger partial charge in [-0.1, -0.05) is 43.3 Å². The van der Waals surface area contributed by atoms with E-state index in [9.17, 15) is 14.9 Å². The maximum atomic E-state index is 13.2. The lowest BCUT2D eigenvalue weighted by Crippen LogP contribution is -2.43. The molecule has 134 valence electrons. The molecule has 0 unspecified atom stereocenters. The number of fused-ring (bicyclic) bond motifs is 1. The summed E-state index contributed by atoms with van der Waals surface area (Å²) in [6, 6.07) is 16.6. The van der Waals surface area contributed by atoms with Crippen molar-refractivity contribution in [1.29, 1.82) is 5.26 Å². The first-order valence-corrected chi connectivity index (χ1v) is 8.79. The molecule has 0 aliphatic carbocycles. The second-order valence-corrected chi connectivity index (χ2v) is 6.58. The number of carbonyl (C=O) groups excluding carboxylic acids is 2. The van der Waals surface area contributed by atoms with Crippen LogP contribution in [-0.4, -0.2) is 21.2 Å². The number of amides is 3. The molecule has 1 fully saturated rings. The number of hydrogen-bond acceptors (Lipinski definition) is 3. The summed E-state index contributed by atoms with van der Waals surface area (Å²) in [6.07, 6.45) is 4.08. The van der Waals surface area contributed by atoms with E-state index in [0.717, 1.165) is 11.1 Å². The molecule has 0 bridgehead atoms. The number of rotatable bonds is 4. The smallest absolute Gasteiger partial charge is 0.322 e. The number of benzene rings is 1. The predicted molar refractivity (Wildman–Crippen MR) is 99.6 cm³/mol. The maximum Gasteiger partial charge on any atom is 0.325 e. The van der Waals surface area contributed by atoms with Gasteiger partial charge in [-0.25, -0.2) is 4.79 Å². The first-order valence-electron chi connectivity index (χ1n) is 8.79. The number of imide groups is 1. The third-order valence-corrected chi connectivity index (χ3v) is 5.18. The predicted octanol–water partition coefficient (Wildman–Crippen LogP) is 3.17. The zero-order chi connectivity index (χ0) is 19.0. The van der Waals surface area contributed by atoms with Gasteiger partial charge >= 0.3 is 6.03 Å². The number of nitriles is 1. The van der Waals surface area contributed by atoms with Gasteiger partial charge in [0.15, 0.2) is 0 Å². The molecule has 3 amide bonds. The van der Waals surface area contributed by atoms with Gasteiger partial charge in [0, 0.05) is 18.0 Å². The highest BCUT2D eigenvalue weighted by Crippen LogP contribution is 2.33. The number of aromatic nitrogens is 1. The summed E-state index contributed by atoms with van der Waals surface area (Å²) in [5.74, 6) is -0.291. The summed E-state index contributed by atoms with van der Waals surface area (Å²) in [7, 11) is 0. The molecule has 1 aliphatic rings. The van der Waals surface area contributed by atoms with Crippen molar-refractivity contribution in [2.75, 3.05) is 0 Å². The highest BCUT2D eigenvalue weighted by Gasteiger charge is 2.51. The summed E-state index contributed by atoms with van der Waals surface area (Å²) < 4.78 is 1.83. The molecule has 6 nitrogen and oxygen atoms in total. The molecular formula is C21H18N4O2. The van der Waals surface area contributed by atoms with Crippen molar-refractivity contribution in [3.05, 3.63) is 77.6 Å². The van der Waals surface area contributed by atoms with E-state index in [0.29, 0.717) is 17.5 Å². The molecule has 0 saturated carbocycles. The molecule has 1 saturated heterocycles. The molecule has 3 aromatic rings. The van der Waals surface area contributed by atoms with Gasteiger partial charge in [0.05, 0.1) is 17.6 Å². The molecule has 1 aliphatic heterocycles. The van der Waals surface area contributed by atoms with E-state index in [1.165, 1.54) is 4.90 Å². The van der Waals surface area contributed by atoms with Gasteiger partial charge in [-0.3, -0.25) is 9.69 Å². The van der Waals surface area contributed by atoms with Gasteiger partial charge < -0.3 is 9.72 Å². The summed E-state index contributed by atoms with van der Waals surface area (Å²) in [6.45, 7) is 1.94. The van der Waals surface area contributed by atoms with Crippen molar-refractivity contribution < 1.29 is 9.59 Å². The number of nitrogens with one attached hydrogen (secondary N) is 1. The van der Waals surface area contributed by atoms with Gasteiger partial charge in [0.1, 0.15) is 11.6 Å². The van der Waals surface area contributed by atoms with E-state index in [2.05, 4.69) is 11.4 Å². The van der Waals surface area contributed by atoms with Crippen molar-refractivity contribution in [2.24, 2.45) is 0 Å². The molecule has 0 radical (unpaired) electrons. The lowest BCUT2D eigenvalue weighted by atomic mass is 9.87. The molecule has 1 atom stereocenters. The van der Waals surface area contributed by atoms with Gasteiger partial charge in [0.2, 0.25) is 0 Å². The van der Waals surface area contributed by atoms with Crippen LogP contribution in [0, 0.1) is 11.3 Å². The van der Waals surface area contributed by atoms with Crippen LogP contribution in [0.25, 0.3) is 5.52 Å². The van der Waals surface area contributed by atoms with Crippen molar-refractivity contribution in [3.63, 3.8) is 0 Å². The maximum absolute atomic E-state index is 13.2. The molecule has 3 heterocycles. The normalized spacial score (nSPS) is 19.3. The zero-order valence-corrected chi connectivity index (χ0v) is 14.8. The van der Waals surface area contributed by atoms with Crippen molar-refractivity contribution >= 4 is 17.5 Å². The third-order valence-electron chi connectivity index (χ3n) is 5.18. The number of hydrogen-bond donors (Lipinski definition) is 1. The zero-order valence-electron chi connectivity index (χ0n) is 14.8. The van der Waals surface area contributed by atoms with Crippen LogP contribution < -0.4 is 5.32 Å². The quantitative estimate of drug-likeness (QED) is 0.728. The third kappa shape index (κ3) is 2.48. The van der Waals surface area contributed by atoms with E-state index in [4.69, 9.17) is 0 Å². The van der Waals surface area contributed by atoms with E-state index in [-0.39, 0.29) is 12.5 Å². The molecule has 1 N–H and O–H groups in total. The van der Waals surface area contributed by atoms with E-state index in [1.54, 1.807) is 6.20 Å². The largest absolute Gasteiger partial charge is 0.325 e. The fourth-order valence-electron chi connectivity index (χ4n) is 3.73. The van der Waals surface area contributed by atoms with Crippen molar-refractivity contribution in [2.45, 2.75) is 25.4 Å². The fraction of sp³-hybridized carbons (Fsp3) is 0.190.